The van der Waals surface area contributed by atoms with Crippen LogP contribution in [0.2, 0.25) is 0 Å². The van der Waals surface area contributed by atoms with Gasteiger partial charge in [-0.2, -0.15) is 0 Å². The summed E-state index contributed by atoms with van der Waals surface area (Å²) < 4.78 is 0. The van der Waals surface area contributed by atoms with E-state index in [1.165, 1.54) is 40.5 Å². The molecule has 0 atom stereocenters. The van der Waals surface area contributed by atoms with Crippen molar-refractivity contribution in [3.05, 3.63) is 39.9 Å². The summed E-state index contributed by atoms with van der Waals surface area (Å²) in [5, 5.41) is 3.32. The highest BCUT2D eigenvalue weighted by molar-refractivity contribution is 7.20. The molecule has 1 aliphatic rings. The van der Waals surface area contributed by atoms with Gasteiger partial charge in [-0.15, -0.1) is 11.3 Å². The van der Waals surface area contributed by atoms with Crippen molar-refractivity contribution in [2.45, 2.75) is 33.6 Å². The molecule has 0 spiro atoms. The molecule has 1 aromatic carbocycles. The fraction of sp³-hybridized carbons (Fsp3) is 0.294. The zero-order valence-corrected chi connectivity index (χ0v) is 13.7. The van der Waals surface area contributed by atoms with E-state index in [2.05, 4.69) is 31.3 Å². The van der Waals surface area contributed by atoms with Crippen LogP contribution >= 0.6 is 11.3 Å². The van der Waals surface area contributed by atoms with E-state index in [4.69, 9.17) is 5.73 Å². The van der Waals surface area contributed by atoms with Crippen molar-refractivity contribution in [1.82, 2.24) is 0 Å². The maximum atomic E-state index is 11.9. The quantitative estimate of drug-likeness (QED) is 0.893. The van der Waals surface area contributed by atoms with Crippen LogP contribution in [-0.2, 0) is 17.6 Å². The van der Waals surface area contributed by atoms with Gasteiger partial charge in [-0.3, -0.25) is 9.59 Å². The van der Waals surface area contributed by atoms with Crippen molar-refractivity contribution >= 4 is 28.2 Å². The first kappa shape index (κ1) is 14.8. The highest BCUT2D eigenvalue weighted by Crippen LogP contribution is 2.46. The lowest BCUT2D eigenvalue weighted by Gasteiger charge is -2.20. The van der Waals surface area contributed by atoms with Gasteiger partial charge in [0.05, 0.1) is 5.56 Å². The molecular formula is C17H18N2O2S. The molecule has 3 N–H and O–H groups in total. The number of nitrogens with two attached hydrogens (primary N) is 1. The Morgan fingerprint density at radius 2 is 1.95 bits per heavy atom. The number of rotatable bonds is 2. The van der Waals surface area contributed by atoms with Crippen molar-refractivity contribution in [3.63, 3.8) is 0 Å². The predicted octanol–water partition coefficient (Wildman–Crippen LogP) is 3.19. The van der Waals surface area contributed by atoms with E-state index in [0.29, 0.717) is 10.6 Å². The minimum Gasteiger partial charge on any atom is -0.365 e. The summed E-state index contributed by atoms with van der Waals surface area (Å²) in [6, 6.07) is 4.29. The van der Waals surface area contributed by atoms with Gasteiger partial charge in [0.15, 0.2) is 0 Å². The summed E-state index contributed by atoms with van der Waals surface area (Å²) in [6.45, 7) is 5.62. The monoisotopic (exact) mass is 314 g/mol. The van der Waals surface area contributed by atoms with Gasteiger partial charge in [-0.25, -0.2) is 0 Å². The smallest absolute Gasteiger partial charge is 0.252 e. The van der Waals surface area contributed by atoms with Gasteiger partial charge in [-0.1, -0.05) is 12.1 Å². The summed E-state index contributed by atoms with van der Waals surface area (Å²) in [5.74, 6) is -0.669. The summed E-state index contributed by atoms with van der Waals surface area (Å²) in [6.07, 6.45) is 1.67. The molecule has 0 fully saturated rings. The van der Waals surface area contributed by atoms with Crippen LogP contribution in [-0.4, -0.2) is 11.8 Å². The minimum atomic E-state index is -0.477. The molecule has 0 radical (unpaired) electrons. The zero-order valence-electron chi connectivity index (χ0n) is 12.9. The second kappa shape index (κ2) is 5.25. The molecule has 1 aliphatic carbocycles. The third-order valence-corrected chi connectivity index (χ3v) is 5.40. The van der Waals surface area contributed by atoms with E-state index in [1.54, 1.807) is 0 Å². The molecule has 22 heavy (non-hydrogen) atoms. The van der Waals surface area contributed by atoms with Gasteiger partial charge in [0.25, 0.3) is 5.91 Å². The zero-order chi connectivity index (χ0) is 16.0. The van der Waals surface area contributed by atoms with Crippen LogP contribution in [0.15, 0.2) is 12.1 Å². The first-order valence-electron chi connectivity index (χ1n) is 7.22. The number of hydrogen-bond acceptors (Lipinski definition) is 3. The first-order valence-corrected chi connectivity index (χ1v) is 8.04. The fourth-order valence-electron chi connectivity index (χ4n) is 3.07. The van der Waals surface area contributed by atoms with E-state index in [-0.39, 0.29) is 5.91 Å². The molecule has 114 valence electrons. The summed E-state index contributed by atoms with van der Waals surface area (Å²) in [5.41, 5.74) is 12.0. The average Bonchev–Trinajstić information content (AvgIpc) is 2.79. The maximum absolute atomic E-state index is 11.9. The fourth-order valence-corrected chi connectivity index (χ4v) is 4.51. The normalized spacial score (nSPS) is 12.5. The molecule has 5 heteroatoms. The van der Waals surface area contributed by atoms with Gasteiger partial charge < -0.3 is 11.1 Å². The van der Waals surface area contributed by atoms with E-state index >= 15 is 0 Å². The van der Waals surface area contributed by atoms with Crippen LogP contribution in [0.25, 0.3) is 10.4 Å². The summed E-state index contributed by atoms with van der Waals surface area (Å²) >= 11 is 1.45. The maximum Gasteiger partial charge on any atom is 0.252 e. The second-order valence-electron chi connectivity index (χ2n) is 5.70. The molecule has 3 rings (SSSR count). The number of benzene rings is 1. The molecule has 1 aromatic heterocycles. The Kier molecular flexibility index (Phi) is 3.53. The van der Waals surface area contributed by atoms with Gasteiger partial charge in [0.2, 0.25) is 5.91 Å². The lowest BCUT2D eigenvalue weighted by molar-refractivity contribution is -0.114. The Morgan fingerprint density at radius 1 is 1.23 bits per heavy atom. The molecule has 0 saturated heterocycles. The van der Waals surface area contributed by atoms with Gasteiger partial charge >= 0.3 is 0 Å². The van der Waals surface area contributed by atoms with Crippen LogP contribution < -0.4 is 11.1 Å². The molecular weight excluding hydrogens is 296 g/mol. The third kappa shape index (κ3) is 2.22. The number of hydrogen-bond donors (Lipinski definition) is 2. The lowest BCUT2D eigenvalue weighted by Crippen LogP contribution is -2.17. The summed E-state index contributed by atoms with van der Waals surface area (Å²) in [7, 11) is 0. The average molecular weight is 314 g/mol. The Hall–Kier alpha value is -2.14. The second-order valence-corrected chi connectivity index (χ2v) is 6.72. The minimum absolute atomic E-state index is 0.192. The van der Waals surface area contributed by atoms with E-state index in [9.17, 15) is 9.59 Å². The number of amides is 2. The van der Waals surface area contributed by atoms with Gasteiger partial charge in [0, 0.05) is 11.8 Å². The van der Waals surface area contributed by atoms with E-state index in [0.717, 1.165) is 23.3 Å². The van der Waals surface area contributed by atoms with Crippen LogP contribution in [0, 0.1) is 13.8 Å². The third-order valence-electron chi connectivity index (χ3n) is 4.24. The van der Waals surface area contributed by atoms with E-state index < -0.39 is 5.91 Å². The predicted molar refractivity (Wildman–Crippen MR) is 89.5 cm³/mol. The number of carbonyl (C=O) groups is 2. The number of carbonyl (C=O) groups excluding carboxylic acids is 2. The van der Waals surface area contributed by atoms with Crippen molar-refractivity contribution in [2.24, 2.45) is 5.73 Å². The highest BCUT2D eigenvalue weighted by Gasteiger charge is 2.28. The van der Waals surface area contributed by atoms with Crippen LogP contribution in [0.3, 0.4) is 0 Å². The van der Waals surface area contributed by atoms with E-state index in [1.807, 2.05) is 0 Å². The number of thiophene rings is 1. The standard InChI is InChI=1S/C17H18N2O2S/c1-8-4-5-11-6-7-12-14(16(18)21)17(19-10(3)20)22-15(12)13(11)9(8)2/h4-5H,6-7H2,1-3H3,(H2,18,21)(H,19,20). The van der Waals surface area contributed by atoms with Crippen molar-refractivity contribution in [2.75, 3.05) is 5.32 Å². The summed E-state index contributed by atoms with van der Waals surface area (Å²) in [4.78, 5) is 24.4. The number of anilines is 1. The molecule has 2 amide bonds. The van der Waals surface area contributed by atoms with Crippen LogP contribution in [0.1, 0.15) is 39.5 Å². The Labute approximate surface area is 133 Å². The molecule has 0 aliphatic heterocycles. The van der Waals surface area contributed by atoms with Crippen molar-refractivity contribution in [1.29, 1.82) is 0 Å². The molecule has 4 nitrogen and oxygen atoms in total. The molecule has 0 saturated carbocycles. The SMILES string of the molecule is CC(=O)Nc1sc2c(c1C(N)=O)CCc1ccc(C)c(C)c1-2. The highest BCUT2D eigenvalue weighted by atomic mass is 32.1. The first-order chi connectivity index (χ1) is 10.4. The Balaban J connectivity index is 2.28. The number of primary amides is 1. The number of aryl methyl sites for hydroxylation is 2. The van der Waals surface area contributed by atoms with Gasteiger partial charge in [-0.05, 0) is 54.5 Å². The number of fused-ring (bicyclic) bond motifs is 3. The largest absolute Gasteiger partial charge is 0.365 e. The lowest BCUT2D eigenvalue weighted by atomic mass is 9.85. The van der Waals surface area contributed by atoms with Crippen LogP contribution in [0.4, 0.5) is 5.00 Å². The van der Waals surface area contributed by atoms with Crippen LogP contribution in [0.5, 0.6) is 0 Å². The number of nitrogens with one attached hydrogen (secondary N) is 1. The molecule has 1 heterocycles. The Bertz CT molecular complexity index is 805. The Morgan fingerprint density at radius 3 is 2.59 bits per heavy atom. The molecule has 0 bridgehead atoms. The molecule has 0 unspecified atom stereocenters. The van der Waals surface area contributed by atoms with Crippen molar-refractivity contribution < 1.29 is 9.59 Å². The van der Waals surface area contributed by atoms with Gasteiger partial charge in [0.1, 0.15) is 5.00 Å². The topological polar surface area (TPSA) is 72.2 Å². The van der Waals surface area contributed by atoms with Crippen molar-refractivity contribution in [3.8, 4) is 10.4 Å². The molecule has 2 aromatic rings.